The van der Waals surface area contributed by atoms with E-state index in [1.807, 2.05) is 74.5 Å². The minimum Gasteiger partial charge on any atom is -0.482 e. The molecule has 0 spiro atoms. The predicted molar refractivity (Wildman–Crippen MR) is 130 cm³/mol. The van der Waals surface area contributed by atoms with Crippen LogP contribution in [0.25, 0.3) is 0 Å². The number of rotatable bonds is 9. The number of hydrogen-bond acceptors (Lipinski definition) is 4. The molecule has 0 saturated heterocycles. The topological polar surface area (TPSA) is 72.4 Å². The largest absolute Gasteiger partial charge is 0.482 e. The highest BCUT2D eigenvalue weighted by molar-refractivity contribution is 5.95. The molecule has 0 fully saturated rings. The summed E-state index contributed by atoms with van der Waals surface area (Å²) < 4.78 is 7.35. The standard InChI is InChI=1S/C24H25N3O3.C2H6/c1-3-10-20(19-13-8-5-9-14-19)26-27-16-15-21(28)23(22(27)24(29)25-2)30-17-18-11-6-4-7-12-18;1-2/h3-9,11-16,20,26H,1,10,17H2,2H3,(H,25,29);1-2H3. The van der Waals surface area contributed by atoms with E-state index in [4.69, 9.17) is 4.74 Å². The molecule has 0 saturated carbocycles. The number of carbonyl (C=O) groups is 1. The Morgan fingerprint density at radius 3 is 2.28 bits per heavy atom. The number of ether oxygens (including phenoxy) is 1. The first-order valence-electron chi connectivity index (χ1n) is 10.7. The van der Waals surface area contributed by atoms with Crippen LogP contribution < -0.4 is 20.9 Å². The normalized spacial score (nSPS) is 10.8. The Hall–Kier alpha value is -3.80. The van der Waals surface area contributed by atoms with E-state index in [0.717, 1.165) is 11.1 Å². The Labute approximate surface area is 189 Å². The smallest absolute Gasteiger partial charge is 0.273 e. The summed E-state index contributed by atoms with van der Waals surface area (Å²) in [5.41, 5.74) is 5.00. The Kier molecular flexibility index (Phi) is 9.78. The van der Waals surface area contributed by atoms with Crippen molar-refractivity contribution in [2.75, 3.05) is 12.5 Å². The SMILES string of the molecule is C=CCC(Nn1ccc(=O)c(OCc2ccccc2)c1C(=O)NC)c1ccccc1.CC. The molecule has 1 unspecified atom stereocenters. The summed E-state index contributed by atoms with van der Waals surface area (Å²) >= 11 is 0. The summed E-state index contributed by atoms with van der Waals surface area (Å²) in [7, 11) is 1.52. The monoisotopic (exact) mass is 433 g/mol. The lowest BCUT2D eigenvalue weighted by Crippen LogP contribution is -2.32. The first kappa shape index (κ1) is 24.5. The fraction of sp³-hybridized carbons (Fsp3) is 0.231. The van der Waals surface area contributed by atoms with Crippen LogP contribution in [0, 0.1) is 0 Å². The number of nitrogens with one attached hydrogen (secondary N) is 2. The lowest BCUT2D eigenvalue weighted by molar-refractivity contribution is 0.0948. The summed E-state index contributed by atoms with van der Waals surface area (Å²) in [5, 5.41) is 2.59. The van der Waals surface area contributed by atoms with E-state index in [1.165, 1.54) is 13.1 Å². The van der Waals surface area contributed by atoms with E-state index in [0.29, 0.717) is 6.42 Å². The van der Waals surface area contributed by atoms with Gasteiger partial charge in [0.15, 0.2) is 11.4 Å². The van der Waals surface area contributed by atoms with Crippen molar-refractivity contribution < 1.29 is 9.53 Å². The highest BCUT2D eigenvalue weighted by Gasteiger charge is 2.21. The van der Waals surface area contributed by atoms with Crippen molar-refractivity contribution in [1.82, 2.24) is 9.99 Å². The third kappa shape index (κ3) is 6.35. The molecule has 2 aromatic carbocycles. The molecule has 0 aliphatic carbocycles. The van der Waals surface area contributed by atoms with Crippen LogP contribution in [-0.2, 0) is 6.61 Å². The molecule has 3 aromatic rings. The third-order valence-corrected chi connectivity index (χ3v) is 4.62. The number of amides is 1. The Morgan fingerprint density at radius 2 is 1.69 bits per heavy atom. The molecule has 1 heterocycles. The Bertz CT molecular complexity index is 1050. The van der Waals surface area contributed by atoms with E-state index >= 15 is 0 Å². The van der Waals surface area contributed by atoms with Crippen LogP contribution in [0.15, 0.2) is 90.4 Å². The second-order valence-electron chi connectivity index (χ2n) is 6.70. The molecule has 6 heteroatoms. The average molecular weight is 434 g/mol. The maximum Gasteiger partial charge on any atom is 0.273 e. The van der Waals surface area contributed by atoms with Gasteiger partial charge in [-0.1, -0.05) is 80.6 Å². The van der Waals surface area contributed by atoms with Crippen LogP contribution in [0.3, 0.4) is 0 Å². The van der Waals surface area contributed by atoms with Crippen LogP contribution in [0.2, 0.25) is 0 Å². The Balaban J connectivity index is 0.00000176. The second-order valence-corrected chi connectivity index (χ2v) is 6.70. The summed E-state index contributed by atoms with van der Waals surface area (Å²) in [6, 6.07) is 20.6. The van der Waals surface area contributed by atoms with Gasteiger partial charge in [-0.2, -0.15) is 0 Å². The molecule has 2 N–H and O–H groups in total. The molecule has 1 atom stereocenters. The minimum atomic E-state index is -0.423. The van der Waals surface area contributed by atoms with Crippen molar-refractivity contribution in [3.8, 4) is 5.75 Å². The van der Waals surface area contributed by atoms with Gasteiger partial charge in [-0.25, -0.2) is 0 Å². The third-order valence-electron chi connectivity index (χ3n) is 4.62. The number of carbonyl (C=O) groups excluding carboxylic acids is 1. The van der Waals surface area contributed by atoms with Crippen molar-refractivity contribution in [1.29, 1.82) is 0 Å². The molecule has 32 heavy (non-hydrogen) atoms. The highest BCUT2D eigenvalue weighted by Crippen LogP contribution is 2.21. The van der Waals surface area contributed by atoms with Crippen LogP contribution >= 0.6 is 0 Å². The van der Waals surface area contributed by atoms with Crippen molar-refractivity contribution in [3.63, 3.8) is 0 Å². The molecule has 1 aromatic heterocycles. The van der Waals surface area contributed by atoms with Gasteiger partial charge in [0.25, 0.3) is 5.91 Å². The number of nitrogens with zero attached hydrogens (tertiary/aromatic N) is 1. The summed E-state index contributed by atoms with van der Waals surface area (Å²) in [4.78, 5) is 25.2. The average Bonchev–Trinajstić information content (AvgIpc) is 2.85. The lowest BCUT2D eigenvalue weighted by atomic mass is 10.0. The predicted octanol–water partition coefficient (Wildman–Crippen LogP) is 4.67. The highest BCUT2D eigenvalue weighted by atomic mass is 16.5. The van der Waals surface area contributed by atoms with E-state index in [-0.39, 0.29) is 29.5 Å². The second kappa shape index (κ2) is 12.8. The molecular weight excluding hydrogens is 402 g/mol. The zero-order valence-corrected chi connectivity index (χ0v) is 18.9. The number of aromatic nitrogens is 1. The molecule has 0 aliphatic heterocycles. The van der Waals surface area contributed by atoms with Crippen molar-refractivity contribution in [3.05, 3.63) is 113 Å². The number of pyridine rings is 1. The summed E-state index contributed by atoms with van der Waals surface area (Å²) in [6.45, 7) is 8.01. The first-order valence-corrected chi connectivity index (χ1v) is 10.7. The number of benzene rings is 2. The molecule has 0 aliphatic rings. The maximum absolute atomic E-state index is 12.7. The van der Waals surface area contributed by atoms with Crippen molar-refractivity contribution >= 4 is 5.91 Å². The van der Waals surface area contributed by atoms with Gasteiger partial charge in [0, 0.05) is 19.3 Å². The number of hydrogen-bond donors (Lipinski definition) is 2. The zero-order valence-electron chi connectivity index (χ0n) is 18.9. The van der Waals surface area contributed by atoms with Crippen molar-refractivity contribution in [2.24, 2.45) is 0 Å². The van der Waals surface area contributed by atoms with Crippen LogP contribution in [-0.4, -0.2) is 17.6 Å². The molecule has 6 nitrogen and oxygen atoms in total. The maximum atomic E-state index is 12.7. The van der Waals surface area contributed by atoms with E-state index in [1.54, 1.807) is 16.9 Å². The molecule has 0 bridgehead atoms. The fourth-order valence-electron chi connectivity index (χ4n) is 3.11. The quantitative estimate of drug-likeness (QED) is 0.481. The van der Waals surface area contributed by atoms with Crippen molar-refractivity contribution in [2.45, 2.75) is 32.9 Å². The van der Waals surface area contributed by atoms with Gasteiger partial charge >= 0.3 is 0 Å². The van der Waals surface area contributed by atoms with Gasteiger partial charge in [-0.3, -0.25) is 14.3 Å². The van der Waals surface area contributed by atoms with Gasteiger partial charge in [0.1, 0.15) is 6.61 Å². The van der Waals surface area contributed by atoms with E-state index in [2.05, 4.69) is 17.3 Å². The van der Waals surface area contributed by atoms with Gasteiger partial charge in [0.2, 0.25) is 5.43 Å². The van der Waals surface area contributed by atoms with Crippen LogP contribution in [0.1, 0.15) is 47.9 Å². The summed E-state index contributed by atoms with van der Waals surface area (Å²) in [6.07, 6.45) is 3.98. The molecular formula is C26H31N3O3. The molecule has 1 amide bonds. The fourth-order valence-corrected chi connectivity index (χ4v) is 3.11. The molecule has 3 rings (SSSR count). The first-order chi connectivity index (χ1) is 15.6. The zero-order chi connectivity index (χ0) is 23.3. The van der Waals surface area contributed by atoms with Gasteiger partial charge in [-0.15, -0.1) is 6.58 Å². The lowest BCUT2D eigenvalue weighted by Gasteiger charge is -2.24. The summed E-state index contributed by atoms with van der Waals surface area (Å²) in [5.74, 6) is -0.424. The van der Waals surface area contributed by atoms with E-state index < -0.39 is 5.91 Å². The van der Waals surface area contributed by atoms with Gasteiger partial charge in [0.05, 0.1) is 6.04 Å². The molecule has 0 radical (unpaired) electrons. The Morgan fingerprint density at radius 1 is 1.06 bits per heavy atom. The van der Waals surface area contributed by atoms with Gasteiger partial charge < -0.3 is 15.5 Å². The van der Waals surface area contributed by atoms with Crippen LogP contribution in [0.4, 0.5) is 0 Å². The molecule has 168 valence electrons. The van der Waals surface area contributed by atoms with Crippen LogP contribution in [0.5, 0.6) is 5.75 Å². The van der Waals surface area contributed by atoms with Gasteiger partial charge in [-0.05, 0) is 17.5 Å². The minimum absolute atomic E-state index is 0.00128. The van der Waals surface area contributed by atoms with E-state index in [9.17, 15) is 9.59 Å².